The molecule has 5 nitrogen and oxygen atoms in total. The molecule has 134 valence electrons. The average molecular weight is 396 g/mol. The molecule has 0 bridgehead atoms. The Morgan fingerprint density at radius 1 is 1.23 bits per heavy atom. The Kier molecular flexibility index (Phi) is 5.53. The highest BCUT2D eigenvalue weighted by Gasteiger charge is 2.32. The lowest BCUT2D eigenvalue weighted by atomic mass is 10.2. The van der Waals surface area contributed by atoms with Gasteiger partial charge in [0, 0.05) is 6.42 Å². The maximum atomic E-state index is 13.5. The van der Waals surface area contributed by atoms with Crippen molar-refractivity contribution in [3.05, 3.63) is 59.1 Å². The lowest BCUT2D eigenvalue weighted by Crippen LogP contribution is -2.28. The Labute approximate surface area is 156 Å². The summed E-state index contributed by atoms with van der Waals surface area (Å²) in [5.74, 6) is -2.00. The molecule has 9 heteroatoms. The van der Waals surface area contributed by atoms with Crippen molar-refractivity contribution in [1.29, 1.82) is 0 Å². The Bertz CT molecular complexity index is 907. The van der Waals surface area contributed by atoms with Crippen molar-refractivity contribution in [3.8, 4) is 0 Å². The molecule has 1 atom stereocenters. The number of carbonyl (C=O) groups excluding carboxylic acids is 2. The summed E-state index contributed by atoms with van der Waals surface area (Å²) >= 11 is 6.76. The summed E-state index contributed by atoms with van der Waals surface area (Å²) in [6.07, 6.45) is -0.145. The Morgan fingerprint density at radius 3 is 2.73 bits per heavy atom. The van der Waals surface area contributed by atoms with Crippen LogP contribution >= 0.6 is 23.4 Å². The van der Waals surface area contributed by atoms with Crippen LogP contribution in [0.5, 0.6) is 0 Å². The van der Waals surface area contributed by atoms with Crippen LogP contribution in [0.2, 0.25) is 5.02 Å². The molecule has 0 radical (unpaired) electrons. The smallest absolute Gasteiger partial charge is 0.240 e. The zero-order valence-electron chi connectivity index (χ0n) is 13.1. The van der Waals surface area contributed by atoms with Crippen LogP contribution in [0.3, 0.4) is 0 Å². The lowest BCUT2D eigenvalue weighted by molar-refractivity contribution is -0.122. The number of nitrogens with one attached hydrogen (secondary N) is 2. The van der Waals surface area contributed by atoms with Gasteiger partial charge < -0.3 is 10.6 Å². The van der Waals surface area contributed by atoms with Crippen molar-refractivity contribution in [1.82, 2.24) is 5.32 Å². The van der Waals surface area contributed by atoms with Crippen LogP contribution in [0.25, 0.3) is 0 Å². The molecule has 1 fully saturated rings. The van der Waals surface area contributed by atoms with Crippen molar-refractivity contribution in [2.24, 2.45) is 4.99 Å². The molecular formula is C17H12ClF2N3O2S. The normalized spacial score (nSPS) is 18.0. The number of halogens is 3. The van der Waals surface area contributed by atoms with Crippen LogP contribution in [0.4, 0.5) is 20.2 Å². The highest BCUT2D eigenvalue weighted by Crippen LogP contribution is 2.27. The third-order valence-electron chi connectivity index (χ3n) is 3.43. The molecule has 0 spiro atoms. The highest BCUT2D eigenvalue weighted by atomic mass is 35.5. The second-order valence-corrected chi connectivity index (χ2v) is 6.94. The predicted octanol–water partition coefficient (Wildman–Crippen LogP) is 3.87. The second-order valence-electron chi connectivity index (χ2n) is 5.34. The van der Waals surface area contributed by atoms with Gasteiger partial charge in [0.2, 0.25) is 11.8 Å². The Morgan fingerprint density at radius 2 is 2.00 bits per heavy atom. The number of benzene rings is 2. The molecule has 1 aliphatic heterocycles. The van der Waals surface area contributed by atoms with Gasteiger partial charge in [-0.1, -0.05) is 35.5 Å². The van der Waals surface area contributed by atoms with Crippen molar-refractivity contribution < 1.29 is 18.4 Å². The monoisotopic (exact) mass is 395 g/mol. The Balaban J connectivity index is 1.64. The van der Waals surface area contributed by atoms with Crippen molar-refractivity contribution in [2.75, 3.05) is 5.32 Å². The Hall–Kier alpha value is -2.45. The number of rotatable bonds is 4. The number of amidine groups is 1. The summed E-state index contributed by atoms with van der Waals surface area (Å²) in [4.78, 5) is 28.2. The highest BCUT2D eigenvalue weighted by molar-refractivity contribution is 8.15. The first kappa shape index (κ1) is 18.3. The molecule has 1 heterocycles. The van der Waals surface area contributed by atoms with Crippen molar-refractivity contribution in [3.63, 3.8) is 0 Å². The summed E-state index contributed by atoms with van der Waals surface area (Å²) in [6.45, 7) is 0. The number of amides is 2. The summed E-state index contributed by atoms with van der Waals surface area (Å²) in [5.41, 5.74) is 0.423. The topological polar surface area (TPSA) is 70.6 Å². The SMILES string of the molecule is O=C(C[C@@H]1SC(=Nc2ccc(F)c(Cl)c2)NC1=O)Nc1ccccc1F. The van der Waals surface area contributed by atoms with E-state index in [0.717, 1.165) is 11.8 Å². The largest absolute Gasteiger partial charge is 0.324 e. The van der Waals surface area contributed by atoms with Gasteiger partial charge in [0.05, 0.1) is 16.4 Å². The van der Waals surface area contributed by atoms with E-state index in [0.29, 0.717) is 5.69 Å². The zero-order valence-corrected chi connectivity index (χ0v) is 14.7. The van der Waals surface area contributed by atoms with E-state index in [2.05, 4.69) is 15.6 Å². The first-order valence-corrected chi connectivity index (χ1v) is 8.74. The van der Waals surface area contributed by atoms with E-state index in [-0.39, 0.29) is 28.2 Å². The lowest BCUT2D eigenvalue weighted by Gasteiger charge is -2.08. The molecule has 1 saturated heterocycles. The second kappa shape index (κ2) is 7.84. The number of anilines is 1. The third-order valence-corrected chi connectivity index (χ3v) is 4.80. The molecule has 2 aromatic rings. The molecule has 2 N–H and O–H groups in total. The fourth-order valence-electron chi connectivity index (χ4n) is 2.20. The minimum absolute atomic E-state index is 0.0516. The number of carbonyl (C=O) groups is 2. The molecule has 3 rings (SSSR count). The van der Waals surface area contributed by atoms with Crippen LogP contribution in [0.1, 0.15) is 6.42 Å². The van der Waals surface area contributed by atoms with Crippen LogP contribution in [-0.2, 0) is 9.59 Å². The minimum Gasteiger partial charge on any atom is -0.324 e. The molecule has 0 aromatic heterocycles. The van der Waals surface area contributed by atoms with Crippen LogP contribution in [-0.4, -0.2) is 22.2 Å². The minimum atomic E-state index is -0.698. The summed E-state index contributed by atoms with van der Waals surface area (Å²) in [5, 5.41) is 4.48. The molecule has 26 heavy (non-hydrogen) atoms. The maximum Gasteiger partial charge on any atom is 0.240 e. The number of aliphatic imine (C=N–C) groups is 1. The number of para-hydroxylation sites is 1. The van der Waals surface area contributed by atoms with E-state index in [9.17, 15) is 18.4 Å². The van der Waals surface area contributed by atoms with Gasteiger partial charge in [0.15, 0.2) is 5.17 Å². The van der Waals surface area contributed by atoms with E-state index >= 15 is 0 Å². The van der Waals surface area contributed by atoms with E-state index in [1.165, 1.54) is 36.4 Å². The first-order valence-electron chi connectivity index (χ1n) is 7.48. The molecule has 2 amide bonds. The van der Waals surface area contributed by atoms with Gasteiger partial charge in [0.25, 0.3) is 0 Å². The van der Waals surface area contributed by atoms with E-state index < -0.39 is 22.8 Å². The number of hydrogen-bond acceptors (Lipinski definition) is 4. The molecule has 0 aliphatic carbocycles. The standard InChI is InChI=1S/C17H12ClF2N3O2S/c18-10-7-9(5-6-11(10)19)21-17-23-16(25)14(26-17)8-15(24)22-13-4-2-1-3-12(13)20/h1-7,14H,8H2,(H,22,24)(H,21,23,25)/t14-/m0/s1. The molecule has 0 unspecified atom stereocenters. The summed E-state index contributed by atoms with van der Waals surface area (Å²) in [7, 11) is 0. The van der Waals surface area contributed by atoms with Gasteiger partial charge >= 0.3 is 0 Å². The van der Waals surface area contributed by atoms with Gasteiger partial charge in [0.1, 0.15) is 16.9 Å². The fraction of sp³-hybridized carbons (Fsp3) is 0.118. The third kappa shape index (κ3) is 4.39. The molecule has 1 aliphatic rings. The van der Waals surface area contributed by atoms with Crippen molar-refractivity contribution in [2.45, 2.75) is 11.7 Å². The van der Waals surface area contributed by atoms with Gasteiger partial charge in [-0.15, -0.1) is 0 Å². The zero-order chi connectivity index (χ0) is 18.7. The average Bonchev–Trinajstić information content (AvgIpc) is 2.92. The predicted molar refractivity (Wildman–Crippen MR) is 97.7 cm³/mol. The van der Waals surface area contributed by atoms with Gasteiger partial charge in [-0.2, -0.15) is 0 Å². The van der Waals surface area contributed by atoms with Gasteiger partial charge in [-0.25, -0.2) is 13.8 Å². The number of thioether (sulfide) groups is 1. The van der Waals surface area contributed by atoms with Crippen LogP contribution in [0.15, 0.2) is 47.5 Å². The van der Waals surface area contributed by atoms with E-state index in [1.807, 2.05) is 0 Å². The van der Waals surface area contributed by atoms with Crippen molar-refractivity contribution >= 4 is 51.7 Å². The number of nitrogens with zero attached hydrogens (tertiary/aromatic N) is 1. The van der Waals surface area contributed by atoms with E-state index in [4.69, 9.17) is 11.6 Å². The molecule has 2 aromatic carbocycles. The first-order chi connectivity index (χ1) is 12.4. The van der Waals surface area contributed by atoms with Gasteiger partial charge in [-0.05, 0) is 30.3 Å². The van der Waals surface area contributed by atoms with Gasteiger partial charge in [-0.3, -0.25) is 9.59 Å². The maximum absolute atomic E-state index is 13.5. The number of hydrogen-bond donors (Lipinski definition) is 2. The summed E-state index contributed by atoms with van der Waals surface area (Å²) < 4.78 is 26.7. The summed E-state index contributed by atoms with van der Waals surface area (Å²) in [6, 6.07) is 9.67. The molecule has 0 saturated carbocycles. The van der Waals surface area contributed by atoms with Crippen LogP contribution < -0.4 is 10.6 Å². The quantitative estimate of drug-likeness (QED) is 0.825. The molecular weight excluding hydrogens is 384 g/mol. The van der Waals surface area contributed by atoms with E-state index in [1.54, 1.807) is 6.07 Å². The fourth-order valence-corrected chi connectivity index (χ4v) is 3.36. The van der Waals surface area contributed by atoms with Crippen LogP contribution in [0, 0.1) is 11.6 Å².